The van der Waals surface area contributed by atoms with E-state index >= 15 is 0 Å². The lowest BCUT2D eigenvalue weighted by atomic mass is 9.94. The van der Waals surface area contributed by atoms with Crippen molar-refractivity contribution in [1.29, 1.82) is 0 Å². The molecule has 0 saturated heterocycles. The summed E-state index contributed by atoms with van der Waals surface area (Å²) in [5.41, 5.74) is 0.561. The third kappa shape index (κ3) is 2.40. The first-order valence-electron chi connectivity index (χ1n) is 5.44. The van der Waals surface area contributed by atoms with Crippen molar-refractivity contribution in [1.82, 2.24) is 0 Å². The third-order valence-electron chi connectivity index (χ3n) is 2.99. The SMILES string of the molecule is O=C(O)C1Cc2ccccc2N(S(=O)(=O)C(F)F)C1. The summed E-state index contributed by atoms with van der Waals surface area (Å²) >= 11 is 0. The summed E-state index contributed by atoms with van der Waals surface area (Å²) in [5.74, 6) is -5.81. The van der Waals surface area contributed by atoms with Crippen LogP contribution in [0.3, 0.4) is 0 Å². The van der Waals surface area contributed by atoms with E-state index in [4.69, 9.17) is 5.11 Å². The Balaban J connectivity index is 2.51. The summed E-state index contributed by atoms with van der Waals surface area (Å²) in [7, 11) is -4.84. The normalized spacial score (nSPS) is 19.3. The number of rotatable bonds is 3. The molecular formula is C11H11F2NO4S. The maximum Gasteiger partial charge on any atom is 0.355 e. The van der Waals surface area contributed by atoms with Gasteiger partial charge in [-0.15, -0.1) is 0 Å². The number of carboxylic acids is 1. The lowest BCUT2D eigenvalue weighted by Crippen LogP contribution is -2.44. The molecule has 1 N–H and O–H groups in total. The van der Waals surface area contributed by atoms with Crippen LogP contribution in [-0.4, -0.2) is 31.8 Å². The number of benzene rings is 1. The second kappa shape index (κ2) is 4.76. The molecular weight excluding hydrogens is 280 g/mol. The van der Waals surface area contributed by atoms with Crippen LogP contribution >= 0.6 is 0 Å². The van der Waals surface area contributed by atoms with Gasteiger partial charge in [0.05, 0.1) is 11.6 Å². The number of hydrogen-bond donors (Lipinski definition) is 1. The summed E-state index contributed by atoms with van der Waals surface area (Å²) < 4.78 is 49.0. The smallest absolute Gasteiger partial charge is 0.355 e. The van der Waals surface area contributed by atoms with Crippen molar-refractivity contribution in [2.45, 2.75) is 12.2 Å². The van der Waals surface area contributed by atoms with E-state index in [0.717, 1.165) is 0 Å². The van der Waals surface area contributed by atoms with Gasteiger partial charge in [0.25, 0.3) is 10.0 Å². The Morgan fingerprint density at radius 3 is 2.58 bits per heavy atom. The summed E-state index contributed by atoms with van der Waals surface area (Å²) in [4.78, 5) is 11.0. The van der Waals surface area contributed by atoms with Crippen LogP contribution in [0.15, 0.2) is 24.3 Å². The zero-order chi connectivity index (χ0) is 14.2. The molecule has 8 heteroatoms. The molecule has 1 aliphatic rings. The zero-order valence-corrected chi connectivity index (χ0v) is 10.5. The van der Waals surface area contributed by atoms with Gasteiger partial charge in [-0.05, 0) is 18.1 Å². The molecule has 0 aromatic heterocycles. The molecule has 1 atom stereocenters. The number of carbonyl (C=O) groups is 1. The molecule has 0 spiro atoms. The Hall–Kier alpha value is -1.70. The van der Waals surface area contributed by atoms with Crippen molar-refractivity contribution in [2.24, 2.45) is 5.92 Å². The topological polar surface area (TPSA) is 74.7 Å². The number of anilines is 1. The van der Waals surface area contributed by atoms with E-state index in [0.29, 0.717) is 9.87 Å². The minimum atomic E-state index is -4.84. The monoisotopic (exact) mass is 291 g/mol. The van der Waals surface area contributed by atoms with E-state index in [9.17, 15) is 22.0 Å². The van der Waals surface area contributed by atoms with Gasteiger partial charge in [0.2, 0.25) is 0 Å². The molecule has 0 aliphatic carbocycles. The fourth-order valence-corrected chi connectivity index (χ4v) is 3.09. The van der Waals surface area contributed by atoms with E-state index in [1.54, 1.807) is 12.1 Å². The second-order valence-electron chi connectivity index (χ2n) is 4.20. The number of aliphatic carboxylic acids is 1. The molecule has 0 bridgehead atoms. The predicted molar refractivity (Wildman–Crippen MR) is 63.5 cm³/mol. The summed E-state index contributed by atoms with van der Waals surface area (Å²) in [6.07, 6.45) is 0.126. The highest BCUT2D eigenvalue weighted by Gasteiger charge is 2.39. The van der Waals surface area contributed by atoms with Gasteiger partial charge in [0.1, 0.15) is 0 Å². The molecule has 5 nitrogen and oxygen atoms in total. The maximum absolute atomic E-state index is 12.6. The average molecular weight is 291 g/mol. The van der Waals surface area contributed by atoms with Crippen molar-refractivity contribution in [3.8, 4) is 0 Å². The van der Waals surface area contributed by atoms with Crippen LogP contribution in [0.25, 0.3) is 0 Å². The zero-order valence-electron chi connectivity index (χ0n) is 9.66. The van der Waals surface area contributed by atoms with Gasteiger partial charge in [-0.2, -0.15) is 8.78 Å². The fourth-order valence-electron chi connectivity index (χ4n) is 2.06. The molecule has 1 aromatic carbocycles. The molecule has 104 valence electrons. The van der Waals surface area contributed by atoms with E-state index in [1.807, 2.05) is 0 Å². The Bertz CT molecular complexity index is 602. The Kier molecular flexibility index (Phi) is 3.44. The molecule has 0 radical (unpaired) electrons. The van der Waals surface area contributed by atoms with Crippen LogP contribution in [0.4, 0.5) is 14.5 Å². The Morgan fingerprint density at radius 2 is 2.00 bits per heavy atom. The van der Waals surface area contributed by atoms with Gasteiger partial charge in [-0.25, -0.2) is 8.42 Å². The first kappa shape index (κ1) is 13.7. The van der Waals surface area contributed by atoms with Crippen LogP contribution in [0, 0.1) is 5.92 Å². The lowest BCUT2D eigenvalue weighted by molar-refractivity contribution is -0.141. The molecule has 0 amide bonds. The van der Waals surface area contributed by atoms with Crippen molar-refractivity contribution in [3.05, 3.63) is 29.8 Å². The highest BCUT2D eigenvalue weighted by molar-refractivity contribution is 7.93. The molecule has 0 saturated carbocycles. The van der Waals surface area contributed by atoms with Gasteiger partial charge in [0, 0.05) is 6.54 Å². The van der Waals surface area contributed by atoms with Crippen molar-refractivity contribution in [2.75, 3.05) is 10.8 Å². The molecule has 0 fully saturated rings. The van der Waals surface area contributed by atoms with Gasteiger partial charge in [-0.1, -0.05) is 18.2 Å². The Labute approximate surface area is 108 Å². The molecule has 1 aliphatic heterocycles. The number of hydrogen-bond acceptors (Lipinski definition) is 3. The average Bonchev–Trinajstić information content (AvgIpc) is 2.37. The number of fused-ring (bicyclic) bond motifs is 1. The number of sulfonamides is 1. The lowest BCUT2D eigenvalue weighted by Gasteiger charge is -2.33. The molecule has 19 heavy (non-hydrogen) atoms. The highest BCUT2D eigenvalue weighted by atomic mass is 32.2. The van der Waals surface area contributed by atoms with Crippen LogP contribution in [-0.2, 0) is 21.2 Å². The Morgan fingerprint density at radius 1 is 1.37 bits per heavy atom. The summed E-state index contributed by atoms with van der Waals surface area (Å²) in [6, 6.07) is 6.07. The van der Waals surface area contributed by atoms with Gasteiger partial charge >= 0.3 is 11.7 Å². The second-order valence-corrected chi connectivity index (χ2v) is 6.03. The predicted octanol–water partition coefficient (Wildman–Crippen LogP) is 1.30. The quantitative estimate of drug-likeness (QED) is 0.911. The molecule has 1 aromatic rings. The van der Waals surface area contributed by atoms with Gasteiger partial charge in [0.15, 0.2) is 0 Å². The van der Waals surface area contributed by atoms with E-state index < -0.39 is 34.2 Å². The van der Waals surface area contributed by atoms with E-state index in [1.165, 1.54) is 12.1 Å². The van der Waals surface area contributed by atoms with Crippen LogP contribution in [0.2, 0.25) is 0 Å². The highest BCUT2D eigenvalue weighted by Crippen LogP contribution is 2.33. The number of halogens is 2. The first-order chi connectivity index (χ1) is 8.84. The third-order valence-corrected chi connectivity index (χ3v) is 4.40. The molecule has 1 unspecified atom stereocenters. The number of carboxylic acid groups (broad SMARTS) is 1. The molecule has 1 heterocycles. The maximum atomic E-state index is 12.6. The fraction of sp³-hybridized carbons (Fsp3) is 0.364. The standard InChI is InChI=1S/C11H11F2NO4S/c12-11(13)19(17,18)14-6-8(10(15)16)5-7-3-1-2-4-9(7)14/h1-4,8,11H,5-6H2,(H,15,16). The van der Waals surface area contributed by atoms with Crippen molar-refractivity contribution in [3.63, 3.8) is 0 Å². The largest absolute Gasteiger partial charge is 0.481 e. The first-order valence-corrected chi connectivity index (χ1v) is 6.94. The molecule has 2 rings (SSSR count). The number of nitrogens with zero attached hydrogens (tertiary/aromatic N) is 1. The van der Waals surface area contributed by atoms with Gasteiger partial charge < -0.3 is 5.11 Å². The van der Waals surface area contributed by atoms with Crippen molar-refractivity contribution < 1.29 is 27.1 Å². The van der Waals surface area contributed by atoms with Gasteiger partial charge in [-0.3, -0.25) is 9.10 Å². The van der Waals surface area contributed by atoms with Crippen LogP contribution in [0.5, 0.6) is 0 Å². The van der Waals surface area contributed by atoms with E-state index in [2.05, 4.69) is 0 Å². The minimum absolute atomic E-state index is 0.125. The van der Waals surface area contributed by atoms with Crippen molar-refractivity contribution >= 4 is 21.7 Å². The number of para-hydroxylation sites is 1. The number of alkyl halides is 2. The minimum Gasteiger partial charge on any atom is -0.481 e. The summed E-state index contributed by atoms with van der Waals surface area (Å²) in [6.45, 7) is -0.473. The van der Waals surface area contributed by atoms with E-state index in [-0.39, 0.29) is 12.1 Å². The van der Waals surface area contributed by atoms with Crippen LogP contribution < -0.4 is 4.31 Å². The summed E-state index contributed by atoms with van der Waals surface area (Å²) in [5, 5.41) is 8.98. The van der Waals surface area contributed by atoms with Crippen LogP contribution in [0.1, 0.15) is 5.56 Å².